The van der Waals surface area contributed by atoms with Crippen molar-refractivity contribution in [2.24, 2.45) is 0 Å². The summed E-state index contributed by atoms with van der Waals surface area (Å²) in [6.45, 7) is 5.61. The zero-order valence-corrected chi connectivity index (χ0v) is 14.6. The van der Waals surface area contributed by atoms with Crippen LogP contribution in [0.25, 0.3) is 21.9 Å². The molecule has 0 amide bonds. The van der Waals surface area contributed by atoms with Gasteiger partial charge in [-0.05, 0) is 58.5 Å². The highest BCUT2D eigenvalue weighted by Gasteiger charge is 2.17. The van der Waals surface area contributed by atoms with Gasteiger partial charge in [-0.2, -0.15) is 5.26 Å². The standard InChI is InChI=1S/C23H19NO2/c1-3-6-17-13-18(10-12-21(17)23(25)26)22-19(15(2)14-24)11-9-16-7-4-5-8-20(16)22/h3-5,7-13,15H,1,6H2,2H3,(H,25,26). The van der Waals surface area contributed by atoms with Gasteiger partial charge >= 0.3 is 5.97 Å². The fraction of sp³-hybridized carbons (Fsp3) is 0.130. The predicted molar refractivity (Wildman–Crippen MR) is 104 cm³/mol. The number of carboxylic acids is 1. The number of allylic oxidation sites excluding steroid dienone is 1. The number of rotatable bonds is 5. The van der Waals surface area contributed by atoms with E-state index in [9.17, 15) is 15.2 Å². The Hall–Kier alpha value is -3.38. The highest BCUT2D eigenvalue weighted by atomic mass is 16.4. The second-order valence-corrected chi connectivity index (χ2v) is 6.27. The number of aromatic carboxylic acids is 1. The Morgan fingerprint density at radius 1 is 1.23 bits per heavy atom. The molecule has 1 atom stereocenters. The van der Waals surface area contributed by atoms with Crippen LogP contribution in [0.15, 0.2) is 67.3 Å². The zero-order chi connectivity index (χ0) is 18.7. The fourth-order valence-corrected chi connectivity index (χ4v) is 3.32. The van der Waals surface area contributed by atoms with Crippen molar-refractivity contribution in [3.05, 3.63) is 83.9 Å². The van der Waals surface area contributed by atoms with E-state index < -0.39 is 5.97 Å². The van der Waals surface area contributed by atoms with E-state index in [0.717, 1.165) is 27.5 Å². The van der Waals surface area contributed by atoms with E-state index in [1.807, 2.05) is 55.5 Å². The molecule has 0 aliphatic carbocycles. The van der Waals surface area contributed by atoms with Crippen molar-refractivity contribution in [2.45, 2.75) is 19.3 Å². The van der Waals surface area contributed by atoms with Crippen molar-refractivity contribution in [1.29, 1.82) is 5.26 Å². The van der Waals surface area contributed by atoms with Crippen molar-refractivity contribution in [1.82, 2.24) is 0 Å². The van der Waals surface area contributed by atoms with Gasteiger partial charge in [-0.25, -0.2) is 4.79 Å². The Morgan fingerprint density at radius 3 is 2.69 bits per heavy atom. The Morgan fingerprint density at radius 2 is 2.00 bits per heavy atom. The Bertz CT molecular complexity index is 1040. The molecule has 3 aromatic carbocycles. The lowest BCUT2D eigenvalue weighted by Crippen LogP contribution is -2.03. The van der Waals surface area contributed by atoms with Gasteiger partial charge in [0.2, 0.25) is 0 Å². The summed E-state index contributed by atoms with van der Waals surface area (Å²) >= 11 is 0. The smallest absolute Gasteiger partial charge is 0.335 e. The van der Waals surface area contributed by atoms with Gasteiger partial charge in [0.25, 0.3) is 0 Å². The van der Waals surface area contributed by atoms with E-state index in [2.05, 4.69) is 12.6 Å². The Labute approximate surface area is 152 Å². The van der Waals surface area contributed by atoms with E-state index >= 15 is 0 Å². The molecule has 0 aliphatic rings. The highest BCUT2D eigenvalue weighted by molar-refractivity contribution is 5.99. The molecule has 0 saturated heterocycles. The molecule has 3 nitrogen and oxygen atoms in total. The third-order valence-electron chi connectivity index (χ3n) is 4.61. The number of hydrogen-bond donors (Lipinski definition) is 1. The van der Waals surface area contributed by atoms with Gasteiger partial charge in [0.05, 0.1) is 17.6 Å². The van der Waals surface area contributed by atoms with Crippen LogP contribution in [-0.4, -0.2) is 11.1 Å². The number of nitrogens with zero attached hydrogens (tertiary/aromatic N) is 1. The normalized spacial score (nSPS) is 11.7. The van der Waals surface area contributed by atoms with Crippen molar-refractivity contribution in [3.63, 3.8) is 0 Å². The summed E-state index contributed by atoms with van der Waals surface area (Å²) in [5.41, 5.74) is 3.84. The van der Waals surface area contributed by atoms with Crippen LogP contribution in [-0.2, 0) is 6.42 Å². The molecular formula is C23H19NO2. The molecule has 1 unspecified atom stereocenters. The van der Waals surface area contributed by atoms with Gasteiger partial charge in [-0.1, -0.05) is 48.5 Å². The lowest BCUT2D eigenvalue weighted by atomic mass is 9.86. The zero-order valence-electron chi connectivity index (χ0n) is 14.6. The van der Waals surface area contributed by atoms with Gasteiger partial charge in [0.15, 0.2) is 0 Å². The quantitative estimate of drug-likeness (QED) is 0.618. The van der Waals surface area contributed by atoms with Crippen LogP contribution in [0.4, 0.5) is 0 Å². The number of carbonyl (C=O) groups is 1. The average Bonchev–Trinajstić information content (AvgIpc) is 2.66. The molecule has 0 aromatic heterocycles. The molecule has 0 aliphatic heterocycles. The summed E-state index contributed by atoms with van der Waals surface area (Å²) in [4.78, 5) is 11.5. The van der Waals surface area contributed by atoms with E-state index in [1.54, 1.807) is 12.1 Å². The molecule has 0 heterocycles. The van der Waals surface area contributed by atoms with Gasteiger partial charge < -0.3 is 5.11 Å². The van der Waals surface area contributed by atoms with E-state index in [-0.39, 0.29) is 11.5 Å². The Balaban J connectivity index is 2.33. The van der Waals surface area contributed by atoms with Crippen molar-refractivity contribution in [2.75, 3.05) is 0 Å². The first-order valence-corrected chi connectivity index (χ1v) is 8.45. The SMILES string of the molecule is C=CCc1cc(-c2c(C(C)C#N)ccc3ccccc23)ccc1C(=O)O. The molecule has 0 radical (unpaired) electrons. The summed E-state index contributed by atoms with van der Waals surface area (Å²) in [5.74, 6) is -1.21. The monoisotopic (exact) mass is 341 g/mol. The summed E-state index contributed by atoms with van der Waals surface area (Å²) in [7, 11) is 0. The minimum atomic E-state index is -0.947. The third-order valence-corrected chi connectivity index (χ3v) is 4.61. The maximum absolute atomic E-state index is 11.5. The third kappa shape index (κ3) is 3.10. The van der Waals surface area contributed by atoms with Gasteiger partial charge in [0, 0.05) is 0 Å². The lowest BCUT2D eigenvalue weighted by molar-refractivity contribution is 0.0696. The molecule has 0 saturated carbocycles. The van der Waals surface area contributed by atoms with Crippen LogP contribution < -0.4 is 0 Å². The fourth-order valence-electron chi connectivity index (χ4n) is 3.32. The molecule has 3 rings (SSSR count). The van der Waals surface area contributed by atoms with Crippen LogP contribution in [0.2, 0.25) is 0 Å². The summed E-state index contributed by atoms with van der Waals surface area (Å²) < 4.78 is 0. The molecular weight excluding hydrogens is 322 g/mol. The molecule has 1 N–H and O–H groups in total. The highest BCUT2D eigenvalue weighted by Crippen LogP contribution is 2.36. The molecule has 0 bridgehead atoms. The lowest BCUT2D eigenvalue weighted by Gasteiger charge is -2.16. The number of nitriles is 1. The van der Waals surface area contributed by atoms with Gasteiger partial charge in [-0.15, -0.1) is 6.58 Å². The first-order chi connectivity index (χ1) is 12.6. The van der Waals surface area contributed by atoms with Gasteiger partial charge in [-0.3, -0.25) is 0 Å². The average molecular weight is 341 g/mol. The largest absolute Gasteiger partial charge is 0.478 e. The predicted octanol–water partition coefficient (Wildman–Crippen LogP) is 5.56. The summed E-state index contributed by atoms with van der Waals surface area (Å²) in [5, 5.41) is 21.0. The molecule has 0 fully saturated rings. The second kappa shape index (κ2) is 7.25. The van der Waals surface area contributed by atoms with Crippen molar-refractivity contribution >= 4 is 16.7 Å². The Kier molecular flexibility index (Phi) is 4.86. The number of carboxylic acid groups (broad SMARTS) is 1. The molecule has 0 spiro atoms. The number of hydrogen-bond acceptors (Lipinski definition) is 2. The number of fused-ring (bicyclic) bond motifs is 1. The topological polar surface area (TPSA) is 61.1 Å². The minimum Gasteiger partial charge on any atom is -0.478 e. The maximum Gasteiger partial charge on any atom is 0.335 e. The summed E-state index contributed by atoms with van der Waals surface area (Å²) in [6.07, 6.45) is 2.18. The van der Waals surface area contributed by atoms with E-state index in [1.165, 1.54) is 0 Å². The van der Waals surface area contributed by atoms with Crippen LogP contribution in [0.1, 0.15) is 34.3 Å². The van der Waals surface area contributed by atoms with Crippen LogP contribution >= 0.6 is 0 Å². The van der Waals surface area contributed by atoms with Crippen molar-refractivity contribution in [3.8, 4) is 17.2 Å². The van der Waals surface area contributed by atoms with E-state index in [0.29, 0.717) is 12.0 Å². The van der Waals surface area contributed by atoms with Crippen LogP contribution in [0.3, 0.4) is 0 Å². The molecule has 3 aromatic rings. The minimum absolute atomic E-state index is 0.267. The first kappa shape index (κ1) is 17.4. The van der Waals surface area contributed by atoms with Crippen LogP contribution in [0, 0.1) is 11.3 Å². The van der Waals surface area contributed by atoms with Gasteiger partial charge in [0.1, 0.15) is 0 Å². The second-order valence-electron chi connectivity index (χ2n) is 6.27. The first-order valence-electron chi connectivity index (χ1n) is 8.45. The number of benzene rings is 3. The van der Waals surface area contributed by atoms with Crippen LogP contribution in [0.5, 0.6) is 0 Å². The maximum atomic E-state index is 11.5. The van der Waals surface area contributed by atoms with E-state index in [4.69, 9.17) is 0 Å². The molecule has 26 heavy (non-hydrogen) atoms. The summed E-state index contributed by atoms with van der Waals surface area (Å²) in [6, 6.07) is 19.7. The molecule has 3 heteroatoms. The van der Waals surface area contributed by atoms with Crippen molar-refractivity contribution < 1.29 is 9.90 Å². The molecule has 128 valence electrons.